The van der Waals surface area contributed by atoms with Gasteiger partial charge in [-0.1, -0.05) is 91.0 Å². The Hall–Kier alpha value is -7.56. The monoisotopic (exact) mass is 1160 g/mol. The molecule has 28 heteroatoms. The molecule has 6 rings (SSSR count). The number of carbonyl (C=O) groups excluding carboxylic acids is 12. The van der Waals surface area contributed by atoms with Crippen LogP contribution in [-0.4, -0.2) is 71.6 Å². The molecule has 0 heterocycles. The number of aromatic carboxylic acids is 12. The Morgan fingerprint density at radius 2 is 0.368 bits per heavy atom. The van der Waals surface area contributed by atoms with E-state index in [4.69, 9.17) is 0 Å². The van der Waals surface area contributed by atoms with E-state index < -0.39 is 138 Å². The minimum Gasteiger partial charge on any atom is -0.545 e. The van der Waals surface area contributed by atoms with E-state index in [1.54, 1.807) is 18.2 Å². The minimum atomic E-state index is -2.20. The molecule has 24 nitrogen and oxygen atoms in total. The quantitative estimate of drug-likeness (QED) is 0.0921. The van der Waals surface area contributed by atoms with Crippen molar-refractivity contribution >= 4 is 71.6 Å². The minimum absolute atomic E-state index is 0. The topological polar surface area (TPSA) is 482 Å². The number of carboxylic acids is 12. The Labute approximate surface area is 498 Å². The maximum Gasteiger partial charge on any atom is 3.00 e. The third kappa shape index (κ3) is 15.3. The molecule has 0 amide bonds. The van der Waals surface area contributed by atoms with E-state index in [1.807, 2.05) is 0 Å². The average molecular weight is 1160 g/mol. The van der Waals surface area contributed by atoms with E-state index in [9.17, 15) is 119 Å². The van der Waals surface area contributed by atoms with Gasteiger partial charge in [0.25, 0.3) is 0 Å². The first-order valence-corrected chi connectivity index (χ1v) is 19.1. The molecule has 0 fully saturated rings. The Kier molecular flexibility index (Phi) is 26.6. The van der Waals surface area contributed by atoms with Gasteiger partial charge in [-0.2, -0.15) is 0 Å². The summed E-state index contributed by atoms with van der Waals surface area (Å²) in [7, 11) is 0. The fourth-order valence-electron chi connectivity index (χ4n) is 6.95. The van der Waals surface area contributed by atoms with Gasteiger partial charge in [-0.25, -0.2) is 0 Å². The fraction of sp³-hybridized carbons (Fsp3) is 0. The Bertz CT molecular complexity index is 2970. The SMILES string of the molecule is O=C([O-])c1cc(-c2ccccc2)c(C(=O)[O-])c(C(=O)[O-])c1C(=O)[O-].O=C([O-])c1cc(-c2ccccc2)c(C(=O)[O-])c(C(=O)[O-])c1C(=O)[O-].O=C([O-])c1cc(-c2ccccc2)c(C(=O)[O-])c(C(=O)[O-])c1C(=O)[O-].[Sc+3].[Sc+3].[Sc+3].[Sc+3]. The van der Waals surface area contributed by atoms with Gasteiger partial charge in [-0.15, -0.1) is 0 Å². The van der Waals surface area contributed by atoms with Gasteiger partial charge in [0.15, 0.2) is 0 Å². The van der Waals surface area contributed by atoms with Crippen LogP contribution in [0.15, 0.2) is 109 Å². The molecule has 0 aliphatic heterocycles. The molecule has 6 aromatic carbocycles. The first kappa shape index (κ1) is 68.4. The van der Waals surface area contributed by atoms with Crippen LogP contribution in [0.4, 0.5) is 0 Å². The van der Waals surface area contributed by atoms with Crippen molar-refractivity contribution in [3.8, 4) is 33.4 Å². The standard InChI is InChI=1S/3C16H10O8.4Sc/c3*17-13(18)9-6-8(7-4-2-1-3-5-7)10(14(19)20)12(16(23)24)11(9)15(21)22;;;;/h3*1-6H,(H,17,18)(H,19,20)(H,21,22)(H,23,24);;;;/q;;;4*+3/p-12. The maximum absolute atomic E-state index is 11.4. The van der Waals surface area contributed by atoms with Crippen LogP contribution in [0, 0.1) is 0 Å². The molecule has 0 spiro atoms. The van der Waals surface area contributed by atoms with Crippen molar-refractivity contribution < 1.29 is 222 Å². The number of hydrogen-bond acceptors (Lipinski definition) is 24. The van der Waals surface area contributed by atoms with Crippen LogP contribution < -0.4 is 61.3 Å². The molecule has 0 saturated carbocycles. The second-order valence-electron chi connectivity index (χ2n) is 13.8. The van der Waals surface area contributed by atoms with Crippen molar-refractivity contribution in [1.29, 1.82) is 0 Å². The van der Waals surface area contributed by atoms with E-state index in [-0.39, 0.29) is 137 Å². The third-order valence-corrected chi connectivity index (χ3v) is 9.73. The van der Waals surface area contributed by atoms with Gasteiger partial charge in [-0.05, 0) is 51.6 Å². The first-order chi connectivity index (χ1) is 33.8. The summed E-state index contributed by atoms with van der Waals surface area (Å²) in [4.78, 5) is 135. The van der Waals surface area contributed by atoms with Gasteiger partial charge >= 0.3 is 103 Å². The Balaban J connectivity index is 0.00000108. The van der Waals surface area contributed by atoms with Gasteiger partial charge in [-0.3, -0.25) is 0 Å². The summed E-state index contributed by atoms with van der Waals surface area (Å²) < 4.78 is 0. The molecule has 0 radical (unpaired) electrons. The predicted octanol–water partition coefficient (Wildman–Crippen LogP) is -9.59. The van der Waals surface area contributed by atoms with Gasteiger partial charge in [0.2, 0.25) is 0 Å². The predicted molar refractivity (Wildman–Crippen MR) is 208 cm³/mol. The molecular formula is C48H18O24Sc4. The maximum atomic E-state index is 11.4. The average Bonchev–Trinajstić information content (AvgIpc) is 3.32. The summed E-state index contributed by atoms with van der Waals surface area (Å²) in [6.07, 6.45) is 0. The Morgan fingerprint density at radius 3 is 0.500 bits per heavy atom. The molecule has 0 aliphatic carbocycles. The summed E-state index contributed by atoms with van der Waals surface area (Å²) in [6, 6.07) is 24.0. The molecule has 0 aliphatic rings. The van der Waals surface area contributed by atoms with Crippen LogP contribution in [-0.2, 0) is 103 Å². The number of rotatable bonds is 15. The molecule has 0 bridgehead atoms. The molecule has 76 heavy (non-hydrogen) atoms. The van der Waals surface area contributed by atoms with E-state index in [0.29, 0.717) is 18.2 Å². The van der Waals surface area contributed by atoms with Crippen molar-refractivity contribution in [1.82, 2.24) is 0 Å². The number of carbonyl (C=O) groups is 12. The zero-order chi connectivity index (χ0) is 54.0. The zero-order valence-electron chi connectivity index (χ0n) is 37.5. The van der Waals surface area contributed by atoms with Crippen LogP contribution in [0.3, 0.4) is 0 Å². The van der Waals surface area contributed by atoms with Crippen molar-refractivity contribution in [2.75, 3.05) is 0 Å². The van der Waals surface area contributed by atoms with Crippen LogP contribution in [0.1, 0.15) is 124 Å². The summed E-state index contributed by atoms with van der Waals surface area (Å²) >= 11 is 0. The summed E-state index contributed by atoms with van der Waals surface area (Å²) in [5.74, 6) is -25.3. The van der Waals surface area contributed by atoms with Gasteiger partial charge in [0, 0.05) is 66.8 Å². The number of hydrogen-bond donors (Lipinski definition) is 0. The van der Waals surface area contributed by atoms with Crippen LogP contribution in [0.2, 0.25) is 0 Å². The zero-order valence-corrected chi connectivity index (χ0v) is 44.7. The van der Waals surface area contributed by atoms with E-state index in [0.717, 1.165) is 0 Å². The molecule has 0 aromatic heterocycles. The van der Waals surface area contributed by atoms with Crippen LogP contribution >= 0.6 is 0 Å². The number of carboxylic acid groups (broad SMARTS) is 12. The van der Waals surface area contributed by atoms with Crippen molar-refractivity contribution in [3.05, 3.63) is 176 Å². The molecule has 0 N–H and O–H groups in total. The molecule has 366 valence electrons. The third-order valence-electron chi connectivity index (χ3n) is 9.73. The molecule has 0 unspecified atom stereocenters. The fourth-order valence-corrected chi connectivity index (χ4v) is 6.95. The van der Waals surface area contributed by atoms with Crippen molar-refractivity contribution in [2.45, 2.75) is 0 Å². The summed E-state index contributed by atoms with van der Waals surface area (Å²) in [5.41, 5.74) is -15.0. The second kappa shape index (κ2) is 29.5. The van der Waals surface area contributed by atoms with Crippen molar-refractivity contribution in [2.24, 2.45) is 0 Å². The number of benzene rings is 6. The van der Waals surface area contributed by atoms with Gasteiger partial charge in [0.05, 0.1) is 71.6 Å². The van der Waals surface area contributed by atoms with E-state index in [1.165, 1.54) is 72.8 Å². The molecule has 0 saturated heterocycles. The molecule has 6 aromatic rings. The van der Waals surface area contributed by atoms with Gasteiger partial charge in [0.1, 0.15) is 0 Å². The second-order valence-corrected chi connectivity index (χ2v) is 13.8. The van der Waals surface area contributed by atoms with Crippen LogP contribution in [0.25, 0.3) is 33.4 Å². The normalized spacial score (nSPS) is 9.63. The summed E-state index contributed by atoms with van der Waals surface area (Å²) in [5, 5.41) is 135. The summed E-state index contributed by atoms with van der Waals surface area (Å²) in [6.45, 7) is 0. The smallest absolute Gasteiger partial charge is 0.545 e. The van der Waals surface area contributed by atoms with Crippen molar-refractivity contribution in [3.63, 3.8) is 0 Å². The van der Waals surface area contributed by atoms with Crippen LogP contribution in [0.5, 0.6) is 0 Å². The van der Waals surface area contributed by atoms with E-state index >= 15 is 0 Å². The Morgan fingerprint density at radius 1 is 0.211 bits per heavy atom. The van der Waals surface area contributed by atoms with E-state index in [2.05, 4.69) is 0 Å². The first-order valence-electron chi connectivity index (χ1n) is 19.1. The molecular weight excluding hydrogens is 1140 g/mol. The van der Waals surface area contributed by atoms with Gasteiger partial charge < -0.3 is 119 Å². The largest absolute Gasteiger partial charge is 3.00 e. The molecule has 0 atom stereocenters.